The van der Waals surface area contributed by atoms with Crippen LogP contribution in [-0.4, -0.2) is 65.7 Å². The van der Waals surface area contributed by atoms with Gasteiger partial charge in [0.05, 0.1) is 10.5 Å². The van der Waals surface area contributed by atoms with Gasteiger partial charge in [0, 0.05) is 51.4 Å². The molecule has 174 valence electrons. The van der Waals surface area contributed by atoms with Crippen molar-refractivity contribution >= 4 is 11.8 Å². The van der Waals surface area contributed by atoms with Crippen LogP contribution in [0.3, 0.4) is 0 Å². The lowest BCUT2D eigenvalue weighted by atomic mass is 10.0. The normalized spacial score (nSPS) is 16.2. The predicted molar refractivity (Wildman–Crippen MR) is 109 cm³/mol. The molecule has 1 saturated heterocycles. The lowest BCUT2D eigenvalue weighted by Crippen LogP contribution is -2.46. The van der Waals surface area contributed by atoms with Crippen molar-refractivity contribution in [1.82, 2.24) is 15.1 Å². The maximum Gasteiger partial charge on any atom is 0.416 e. The van der Waals surface area contributed by atoms with Crippen molar-refractivity contribution in [3.63, 3.8) is 0 Å². The summed E-state index contributed by atoms with van der Waals surface area (Å²) in [5.41, 5.74) is -2.04. The van der Waals surface area contributed by atoms with Gasteiger partial charge in [0.25, 0.3) is 5.69 Å². The van der Waals surface area contributed by atoms with Crippen molar-refractivity contribution in [2.75, 3.05) is 39.3 Å². The molecule has 1 amide bonds. The Balaban J connectivity index is 1.79. The number of non-ortho nitro benzene ring substituents is 1. The Morgan fingerprint density at radius 1 is 1.16 bits per heavy atom. The van der Waals surface area contributed by atoms with E-state index in [2.05, 4.69) is 10.2 Å². The molecule has 1 heterocycles. The molecule has 0 aliphatic carbocycles. The minimum atomic E-state index is -4.65. The van der Waals surface area contributed by atoms with Gasteiger partial charge in [-0.15, -0.1) is 0 Å². The molecule has 0 unspecified atom stereocenters. The Morgan fingerprint density at radius 2 is 1.77 bits per heavy atom. The maximum absolute atomic E-state index is 13.3. The zero-order valence-electron chi connectivity index (χ0n) is 18.0. The first-order valence-electron chi connectivity index (χ1n) is 10.1. The van der Waals surface area contributed by atoms with Crippen LogP contribution in [0.1, 0.15) is 38.3 Å². The van der Waals surface area contributed by atoms with Crippen LogP contribution in [0.25, 0.3) is 0 Å². The van der Waals surface area contributed by atoms with Crippen molar-refractivity contribution in [3.8, 4) is 0 Å². The van der Waals surface area contributed by atoms with Gasteiger partial charge in [0.15, 0.2) is 0 Å². The van der Waals surface area contributed by atoms with E-state index in [4.69, 9.17) is 4.74 Å². The molecule has 0 atom stereocenters. The Bertz CT molecular complexity index is 773. The molecule has 1 fully saturated rings. The highest BCUT2D eigenvalue weighted by Crippen LogP contribution is 2.35. The molecule has 2 rings (SSSR count). The summed E-state index contributed by atoms with van der Waals surface area (Å²) in [6.45, 7) is 9.27. The van der Waals surface area contributed by atoms with E-state index in [0.717, 1.165) is 19.0 Å². The van der Waals surface area contributed by atoms with Gasteiger partial charge in [-0.3, -0.25) is 15.0 Å². The number of nitrogens with one attached hydrogen (secondary N) is 1. The fourth-order valence-corrected chi connectivity index (χ4v) is 3.30. The van der Waals surface area contributed by atoms with E-state index >= 15 is 0 Å². The number of halogens is 3. The second-order valence-electron chi connectivity index (χ2n) is 8.50. The van der Waals surface area contributed by atoms with Gasteiger partial charge in [0.2, 0.25) is 0 Å². The van der Waals surface area contributed by atoms with Gasteiger partial charge < -0.3 is 15.0 Å². The highest BCUT2D eigenvalue weighted by molar-refractivity contribution is 5.67. The number of carbonyl (C=O) groups is 1. The third kappa shape index (κ3) is 8.33. The summed E-state index contributed by atoms with van der Waals surface area (Å²) in [6.07, 6.45) is -4.37. The number of ether oxygens (including phenoxy) is 1. The van der Waals surface area contributed by atoms with Crippen molar-refractivity contribution in [1.29, 1.82) is 0 Å². The van der Waals surface area contributed by atoms with Crippen LogP contribution in [0, 0.1) is 10.1 Å². The van der Waals surface area contributed by atoms with E-state index in [-0.39, 0.29) is 12.1 Å². The minimum absolute atomic E-state index is 0.0353. The highest BCUT2D eigenvalue weighted by atomic mass is 19.4. The summed E-state index contributed by atoms with van der Waals surface area (Å²) in [4.78, 5) is 25.7. The molecule has 0 saturated carbocycles. The molecule has 1 aromatic rings. The van der Waals surface area contributed by atoms with Crippen molar-refractivity contribution < 1.29 is 27.6 Å². The molecule has 31 heavy (non-hydrogen) atoms. The number of amides is 1. The molecule has 11 heteroatoms. The zero-order chi connectivity index (χ0) is 23.2. The fraction of sp³-hybridized carbons (Fsp3) is 0.650. The van der Waals surface area contributed by atoms with E-state index in [1.807, 2.05) is 4.90 Å². The quantitative estimate of drug-likeness (QED) is 0.391. The summed E-state index contributed by atoms with van der Waals surface area (Å²) in [7, 11) is 0. The lowest BCUT2D eigenvalue weighted by Gasteiger charge is -2.35. The number of piperazine rings is 1. The molecule has 1 aliphatic rings. The van der Waals surface area contributed by atoms with E-state index in [1.165, 1.54) is 6.07 Å². The second kappa shape index (κ2) is 10.3. The van der Waals surface area contributed by atoms with Crippen LogP contribution in [-0.2, 0) is 17.5 Å². The van der Waals surface area contributed by atoms with Gasteiger partial charge in [-0.05, 0) is 39.3 Å². The van der Waals surface area contributed by atoms with Gasteiger partial charge in [-0.1, -0.05) is 6.07 Å². The summed E-state index contributed by atoms with van der Waals surface area (Å²) < 4.78 is 45.2. The van der Waals surface area contributed by atoms with E-state index in [1.54, 1.807) is 20.8 Å². The van der Waals surface area contributed by atoms with Crippen molar-refractivity contribution in [2.45, 2.75) is 45.5 Å². The molecule has 0 bridgehead atoms. The summed E-state index contributed by atoms with van der Waals surface area (Å²) in [5.74, 6) is 0. The van der Waals surface area contributed by atoms with Crippen LogP contribution in [0.2, 0.25) is 0 Å². The van der Waals surface area contributed by atoms with Gasteiger partial charge in [0.1, 0.15) is 5.60 Å². The average Bonchev–Trinajstić information content (AvgIpc) is 2.64. The first-order valence-corrected chi connectivity index (χ1v) is 10.1. The van der Waals surface area contributed by atoms with Crippen LogP contribution in [0.15, 0.2) is 18.2 Å². The number of hydrogen-bond acceptors (Lipinski definition) is 6. The third-order valence-corrected chi connectivity index (χ3v) is 4.79. The van der Waals surface area contributed by atoms with Crippen LogP contribution >= 0.6 is 0 Å². The molecular formula is C20H29F3N4O4. The number of alkyl carbamates (subject to hydrolysis) is 1. The number of benzene rings is 1. The zero-order valence-corrected chi connectivity index (χ0v) is 18.0. The van der Waals surface area contributed by atoms with E-state index < -0.39 is 34.0 Å². The largest absolute Gasteiger partial charge is 0.444 e. The number of carbonyl (C=O) groups excluding carboxylic acids is 1. The van der Waals surface area contributed by atoms with Crippen molar-refractivity contribution in [2.24, 2.45) is 0 Å². The number of nitrogens with zero attached hydrogens (tertiary/aromatic N) is 3. The first kappa shape index (κ1) is 24.9. The monoisotopic (exact) mass is 446 g/mol. The Morgan fingerprint density at radius 3 is 2.32 bits per heavy atom. The van der Waals surface area contributed by atoms with Gasteiger partial charge >= 0.3 is 12.3 Å². The topological polar surface area (TPSA) is 88.0 Å². The Labute approximate surface area is 179 Å². The highest BCUT2D eigenvalue weighted by Gasteiger charge is 2.35. The smallest absolute Gasteiger partial charge is 0.416 e. The van der Waals surface area contributed by atoms with Crippen molar-refractivity contribution in [3.05, 3.63) is 39.4 Å². The van der Waals surface area contributed by atoms with E-state index in [0.29, 0.717) is 38.8 Å². The Hall–Kier alpha value is -2.40. The number of hydrogen-bond donors (Lipinski definition) is 1. The third-order valence-electron chi connectivity index (χ3n) is 4.79. The minimum Gasteiger partial charge on any atom is -0.444 e. The van der Waals surface area contributed by atoms with E-state index in [9.17, 15) is 28.1 Å². The first-order chi connectivity index (χ1) is 14.3. The van der Waals surface area contributed by atoms with Gasteiger partial charge in [-0.25, -0.2) is 4.79 Å². The average molecular weight is 446 g/mol. The standard InChI is InChI=1S/C20H29F3N4O4/c1-19(2,3)31-18(28)24-7-4-8-25-9-11-26(12-10-25)14-15-5-6-16(27(29)30)13-17(15)20(21,22)23/h5-6,13H,4,7-12,14H2,1-3H3,(H,24,28). The van der Waals surface area contributed by atoms with Gasteiger partial charge in [-0.2, -0.15) is 13.2 Å². The molecule has 0 aromatic heterocycles. The number of nitro benzene ring substituents is 1. The number of alkyl halides is 3. The molecule has 1 aliphatic heterocycles. The lowest BCUT2D eigenvalue weighted by molar-refractivity contribution is -0.385. The second-order valence-corrected chi connectivity index (χ2v) is 8.50. The maximum atomic E-state index is 13.3. The molecule has 0 spiro atoms. The number of rotatable bonds is 7. The molecule has 1 aromatic carbocycles. The van der Waals surface area contributed by atoms with Crippen LogP contribution in [0.4, 0.5) is 23.7 Å². The van der Waals surface area contributed by atoms with Crippen LogP contribution in [0.5, 0.6) is 0 Å². The SMILES string of the molecule is CC(C)(C)OC(=O)NCCCN1CCN(Cc2ccc([N+](=O)[O-])cc2C(F)(F)F)CC1. The fourth-order valence-electron chi connectivity index (χ4n) is 3.30. The summed E-state index contributed by atoms with van der Waals surface area (Å²) in [6, 6.07) is 2.90. The molecule has 0 radical (unpaired) electrons. The molecule has 1 N–H and O–H groups in total. The summed E-state index contributed by atoms with van der Waals surface area (Å²) in [5, 5.41) is 13.5. The summed E-state index contributed by atoms with van der Waals surface area (Å²) >= 11 is 0. The molecular weight excluding hydrogens is 417 g/mol. The molecule has 8 nitrogen and oxygen atoms in total. The number of nitro groups is 1. The Kier molecular flexibility index (Phi) is 8.24. The predicted octanol–water partition coefficient (Wildman–Crippen LogP) is 3.65. The van der Waals surface area contributed by atoms with Crippen LogP contribution < -0.4 is 5.32 Å².